The molecule has 0 heterocycles. The number of halogens is 3. The minimum atomic E-state index is -4.71. The van der Waals surface area contributed by atoms with Crippen molar-refractivity contribution in [2.45, 2.75) is 45.1 Å². The second-order valence-electron chi connectivity index (χ2n) is 6.74. The Morgan fingerprint density at radius 1 is 1.09 bits per heavy atom. The summed E-state index contributed by atoms with van der Waals surface area (Å²) in [6, 6.07) is 9.75. The van der Waals surface area contributed by atoms with E-state index in [4.69, 9.17) is 9.84 Å². The lowest BCUT2D eigenvalue weighted by atomic mass is 9.94. The molecule has 7 nitrogen and oxygen atoms in total. The fraction of sp³-hybridized carbons (Fsp3) is 0.409. The van der Waals surface area contributed by atoms with E-state index in [2.05, 4.69) is 5.32 Å². The van der Waals surface area contributed by atoms with Crippen molar-refractivity contribution in [1.82, 2.24) is 5.32 Å². The summed E-state index contributed by atoms with van der Waals surface area (Å²) in [5, 5.41) is 38.0. The number of amides is 1. The molecule has 0 saturated carbocycles. The van der Waals surface area contributed by atoms with Crippen LogP contribution < -0.4 is 5.32 Å². The molecule has 2 aromatic carbocycles. The van der Waals surface area contributed by atoms with Gasteiger partial charge in [0.15, 0.2) is 12.6 Å². The molecule has 0 saturated heterocycles. The van der Waals surface area contributed by atoms with Gasteiger partial charge in [0.1, 0.15) is 6.10 Å². The van der Waals surface area contributed by atoms with Crippen LogP contribution >= 0.6 is 0 Å². The quantitative estimate of drug-likeness (QED) is 0.406. The van der Waals surface area contributed by atoms with Gasteiger partial charge in [0.25, 0.3) is 5.91 Å². The van der Waals surface area contributed by atoms with E-state index in [0.29, 0.717) is 11.1 Å². The lowest BCUT2D eigenvalue weighted by Gasteiger charge is -2.23. The normalized spacial score (nSPS) is 13.2. The summed E-state index contributed by atoms with van der Waals surface area (Å²) in [6.07, 6.45) is -10.1. The first-order valence-corrected chi connectivity index (χ1v) is 9.77. The molecule has 0 aliphatic heterocycles. The van der Waals surface area contributed by atoms with Gasteiger partial charge in [-0.05, 0) is 48.7 Å². The highest BCUT2D eigenvalue weighted by atomic mass is 19.4. The summed E-state index contributed by atoms with van der Waals surface area (Å²) < 4.78 is 45.8. The van der Waals surface area contributed by atoms with E-state index in [-0.39, 0.29) is 23.6 Å². The van der Waals surface area contributed by atoms with E-state index >= 15 is 0 Å². The summed E-state index contributed by atoms with van der Waals surface area (Å²) in [5.74, 6) is -0.366. The number of ether oxygens (including phenoxy) is 1. The van der Waals surface area contributed by atoms with Crippen molar-refractivity contribution in [3.8, 4) is 11.1 Å². The molecule has 0 fully saturated rings. The van der Waals surface area contributed by atoms with Crippen molar-refractivity contribution in [1.29, 1.82) is 0 Å². The van der Waals surface area contributed by atoms with Gasteiger partial charge in [-0.2, -0.15) is 13.2 Å². The van der Waals surface area contributed by atoms with Crippen LogP contribution in [0.1, 0.15) is 35.3 Å². The van der Waals surface area contributed by atoms with Crippen molar-refractivity contribution in [2.24, 2.45) is 0 Å². The maximum Gasteiger partial charge on any atom is 0.416 e. The zero-order valence-electron chi connectivity index (χ0n) is 17.9. The van der Waals surface area contributed by atoms with Crippen LogP contribution in [0.4, 0.5) is 13.2 Å². The maximum absolute atomic E-state index is 13.6. The van der Waals surface area contributed by atoms with Crippen LogP contribution in [0.15, 0.2) is 42.5 Å². The van der Waals surface area contributed by atoms with Gasteiger partial charge in [0, 0.05) is 25.6 Å². The number of aliphatic hydroxyl groups excluding tert-OH is 3. The molecule has 0 aromatic heterocycles. The number of hydrogen-bond donors (Lipinski definition) is 5. The lowest BCUT2D eigenvalue weighted by molar-refractivity contribution is -0.204. The second-order valence-corrected chi connectivity index (χ2v) is 6.74. The highest BCUT2D eigenvalue weighted by Crippen LogP contribution is 2.36. The summed E-state index contributed by atoms with van der Waals surface area (Å²) >= 11 is 0. The zero-order valence-corrected chi connectivity index (χ0v) is 17.9. The maximum atomic E-state index is 13.6. The Kier molecular flexibility index (Phi) is 10.8. The Morgan fingerprint density at radius 2 is 1.69 bits per heavy atom. The standard InChI is InChI=1S/C20H22F3NO5.C2H6O/c1-11(25)29-17(19(27)28)10-14-7-6-13(9-16(14)20(21,22)23)12-4-3-5-15(8-12)18(26)24-2;1-2-3/h3-9,11,17,19,25,27-28H,10H2,1-2H3,(H,24,26);3H,2H2,1H3. The molecule has 2 unspecified atom stereocenters. The highest BCUT2D eigenvalue weighted by Gasteiger charge is 2.35. The molecule has 10 heteroatoms. The number of rotatable bonds is 7. The van der Waals surface area contributed by atoms with Crippen LogP contribution in [-0.2, 0) is 17.3 Å². The zero-order chi connectivity index (χ0) is 24.5. The van der Waals surface area contributed by atoms with Crippen molar-refractivity contribution < 1.29 is 43.1 Å². The first-order chi connectivity index (χ1) is 14.9. The second kappa shape index (κ2) is 12.5. The minimum absolute atomic E-state index is 0.220. The number of alkyl halides is 3. The molecule has 2 rings (SSSR count). The molecule has 0 spiro atoms. The Morgan fingerprint density at radius 3 is 2.19 bits per heavy atom. The van der Waals surface area contributed by atoms with Gasteiger partial charge in [-0.3, -0.25) is 4.79 Å². The summed E-state index contributed by atoms with van der Waals surface area (Å²) in [4.78, 5) is 11.8. The molecule has 32 heavy (non-hydrogen) atoms. The Bertz CT molecular complexity index is 871. The number of aliphatic hydroxyl groups is 4. The Hall–Kier alpha value is -2.50. The van der Waals surface area contributed by atoms with Crippen LogP contribution in [-0.4, -0.2) is 58.7 Å². The number of nitrogens with one attached hydrogen (secondary N) is 1. The highest BCUT2D eigenvalue weighted by molar-refractivity contribution is 5.95. The molecule has 0 aliphatic carbocycles. The first kappa shape index (κ1) is 27.5. The molecule has 0 bridgehead atoms. The third kappa shape index (κ3) is 8.21. The number of benzene rings is 2. The number of carbonyl (C=O) groups excluding carboxylic acids is 1. The monoisotopic (exact) mass is 459 g/mol. The molecule has 0 radical (unpaired) electrons. The van der Waals surface area contributed by atoms with Gasteiger partial charge < -0.3 is 30.5 Å². The van der Waals surface area contributed by atoms with Gasteiger partial charge in [-0.25, -0.2) is 0 Å². The average molecular weight is 459 g/mol. The molecule has 2 atom stereocenters. The van der Waals surface area contributed by atoms with E-state index in [1.165, 1.54) is 32.2 Å². The molecular formula is C22H28F3NO6. The van der Waals surface area contributed by atoms with Crippen LogP contribution in [0.25, 0.3) is 11.1 Å². The first-order valence-electron chi connectivity index (χ1n) is 9.77. The Labute approximate surface area is 184 Å². The van der Waals surface area contributed by atoms with E-state index in [0.717, 1.165) is 6.07 Å². The van der Waals surface area contributed by atoms with Gasteiger partial charge in [-0.15, -0.1) is 0 Å². The predicted molar refractivity (Wildman–Crippen MR) is 112 cm³/mol. The third-order valence-electron chi connectivity index (χ3n) is 4.23. The van der Waals surface area contributed by atoms with Gasteiger partial charge in [0.2, 0.25) is 0 Å². The van der Waals surface area contributed by atoms with Gasteiger partial charge in [-0.1, -0.05) is 24.3 Å². The SMILES string of the molecule is CCO.CNC(=O)c1cccc(-c2ccc(CC(OC(C)O)C(O)O)c(C(F)(F)F)c2)c1. The average Bonchev–Trinajstić information content (AvgIpc) is 2.72. The number of hydrogen-bond acceptors (Lipinski definition) is 6. The fourth-order valence-electron chi connectivity index (χ4n) is 2.88. The van der Waals surface area contributed by atoms with Gasteiger partial charge >= 0.3 is 6.18 Å². The lowest BCUT2D eigenvalue weighted by Crippen LogP contribution is -2.34. The molecule has 1 amide bonds. The summed E-state index contributed by atoms with van der Waals surface area (Å²) in [7, 11) is 1.45. The van der Waals surface area contributed by atoms with Crippen LogP contribution in [0.3, 0.4) is 0 Å². The topological polar surface area (TPSA) is 119 Å². The van der Waals surface area contributed by atoms with E-state index in [1.807, 2.05) is 0 Å². The van der Waals surface area contributed by atoms with E-state index in [1.54, 1.807) is 25.1 Å². The summed E-state index contributed by atoms with van der Waals surface area (Å²) in [6.45, 7) is 3.14. The largest absolute Gasteiger partial charge is 0.416 e. The molecular weight excluding hydrogens is 431 g/mol. The van der Waals surface area contributed by atoms with Crippen LogP contribution in [0.2, 0.25) is 0 Å². The van der Waals surface area contributed by atoms with E-state index in [9.17, 15) is 33.3 Å². The third-order valence-corrected chi connectivity index (χ3v) is 4.23. The van der Waals surface area contributed by atoms with Crippen molar-refractivity contribution in [2.75, 3.05) is 13.7 Å². The molecule has 178 valence electrons. The number of carbonyl (C=O) groups is 1. The minimum Gasteiger partial charge on any atom is -0.397 e. The van der Waals surface area contributed by atoms with Crippen molar-refractivity contribution in [3.05, 3.63) is 59.2 Å². The molecule has 0 aliphatic rings. The molecule has 5 N–H and O–H groups in total. The summed E-state index contributed by atoms with van der Waals surface area (Å²) in [5.41, 5.74) is -0.231. The smallest absolute Gasteiger partial charge is 0.397 e. The molecule has 2 aromatic rings. The van der Waals surface area contributed by atoms with Gasteiger partial charge in [0.05, 0.1) is 5.56 Å². The Balaban J connectivity index is 0.00000161. The van der Waals surface area contributed by atoms with Crippen LogP contribution in [0, 0.1) is 0 Å². The van der Waals surface area contributed by atoms with Crippen molar-refractivity contribution >= 4 is 5.91 Å². The fourth-order valence-corrected chi connectivity index (χ4v) is 2.88. The van der Waals surface area contributed by atoms with Crippen LogP contribution in [0.5, 0.6) is 0 Å². The van der Waals surface area contributed by atoms with Crippen molar-refractivity contribution in [3.63, 3.8) is 0 Å². The van der Waals surface area contributed by atoms with E-state index < -0.39 is 36.8 Å². The predicted octanol–water partition coefficient (Wildman–Crippen LogP) is 2.31.